The first-order chi connectivity index (χ1) is 12.2. The highest BCUT2D eigenvalue weighted by Gasteiger charge is 2.40. The molecule has 0 aliphatic rings. The molecule has 0 aliphatic carbocycles. The van der Waals surface area contributed by atoms with Gasteiger partial charge in [0, 0.05) is 5.38 Å². The van der Waals surface area contributed by atoms with Crippen molar-refractivity contribution in [3.63, 3.8) is 0 Å². The minimum absolute atomic E-state index is 0.00834. The third-order valence-corrected chi connectivity index (χ3v) is 4.97. The van der Waals surface area contributed by atoms with E-state index in [4.69, 9.17) is 4.74 Å². The Kier molecular flexibility index (Phi) is 5.48. The first kappa shape index (κ1) is 21.0. The van der Waals surface area contributed by atoms with Crippen LogP contribution in [-0.4, -0.2) is 30.1 Å². The molecule has 1 amide bonds. The number of nitrogens with zero attached hydrogens (tertiary/aromatic N) is 3. The number of pyridine rings is 1. The van der Waals surface area contributed by atoms with E-state index in [9.17, 15) is 30.8 Å². The summed E-state index contributed by atoms with van der Waals surface area (Å²) in [5.74, 6) is -2.15. The molecule has 0 radical (unpaired) electrons. The molecular weight excluding hydrogens is 414 g/mol. The van der Waals surface area contributed by atoms with Crippen molar-refractivity contribution in [2.75, 3.05) is 4.31 Å². The van der Waals surface area contributed by atoms with Gasteiger partial charge in [-0.05, 0) is 26.8 Å². The number of amides is 1. The predicted octanol–water partition coefficient (Wildman–Crippen LogP) is 3.83. The number of aromatic nitrogens is 2. The van der Waals surface area contributed by atoms with Crippen molar-refractivity contribution in [1.82, 2.24) is 9.97 Å². The largest absolute Gasteiger partial charge is 0.443 e. The molecule has 2 aromatic rings. The molecule has 0 aliphatic heterocycles. The summed E-state index contributed by atoms with van der Waals surface area (Å²) in [4.78, 5) is 19.3. The van der Waals surface area contributed by atoms with Crippen LogP contribution < -0.4 is 4.31 Å². The van der Waals surface area contributed by atoms with Crippen molar-refractivity contribution in [2.24, 2.45) is 0 Å². The number of sulfonamides is 1. The summed E-state index contributed by atoms with van der Waals surface area (Å²) < 4.78 is 82.7. The van der Waals surface area contributed by atoms with Gasteiger partial charge in [-0.1, -0.05) is 0 Å². The van der Waals surface area contributed by atoms with Gasteiger partial charge < -0.3 is 4.74 Å². The SMILES string of the molecule is CC(C)(C)OC(=O)N(c1cscn1)S(=O)(=O)c1cc(C(F)(F)F)c(F)cn1. The number of anilines is 1. The second kappa shape index (κ2) is 7.03. The molecule has 7 nitrogen and oxygen atoms in total. The van der Waals surface area contributed by atoms with Crippen molar-refractivity contribution < 1.29 is 35.5 Å². The number of rotatable bonds is 3. The molecule has 0 unspecified atom stereocenters. The third kappa shape index (κ3) is 4.71. The Morgan fingerprint density at radius 3 is 2.33 bits per heavy atom. The first-order valence-electron chi connectivity index (χ1n) is 7.13. The van der Waals surface area contributed by atoms with Gasteiger partial charge in [-0.2, -0.15) is 21.6 Å². The van der Waals surface area contributed by atoms with E-state index in [0.29, 0.717) is 0 Å². The Bertz CT molecular complexity index is 938. The Balaban J connectivity index is 2.60. The monoisotopic (exact) mass is 427 g/mol. The molecule has 0 saturated carbocycles. The lowest BCUT2D eigenvalue weighted by Gasteiger charge is -2.25. The van der Waals surface area contributed by atoms with Crippen LogP contribution in [-0.2, 0) is 20.9 Å². The summed E-state index contributed by atoms with van der Waals surface area (Å²) in [7, 11) is -4.97. The fourth-order valence-electron chi connectivity index (χ4n) is 1.80. The van der Waals surface area contributed by atoms with Crippen LogP contribution in [0.4, 0.5) is 28.2 Å². The maximum atomic E-state index is 13.4. The van der Waals surface area contributed by atoms with E-state index in [-0.39, 0.29) is 16.6 Å². The summed E-state index contributed by atoms with van der Waals surface area (Å²) in [6.07, 6.45) is -6.44. The summed E-state index contributed by atoms with van der Waals surface area (Å²) >= 11 is 0.939. The summed E-state index contributed by atoms with van der Waals surface area (Å²) in [6.45, 7) is 4.40. The fourth-order valence-corrected chi connectivity index (χ4v) is 3.60. The number of carbonyl (C=O) groups is 1. The quantitative estimate of drug-likeness (QED) is 0.692. The number of carbonyl (C=O) groups excluding carboxylic acids is 1. The molecule has 0 atom stereocenters. The molecule has 13 heteroatoms. The number of thiazole rings is 1. The molecule has 0 saturated heterocycles. The molecular formula is C14H13F4N3O4S2. The summed E-state index contributed by atoms with van der Waals surface area (Å²) in [6, 6.07) is 0.00834. The number of alkyl halides is 3. The van der Waals surface area contributed by atoms with Crippen molar-refractivity contribution in [2.45, 2.75) is 37.6 Å². The highest BCUT2D eigenvalue weighted by molar-refractivity contribution is 7.93. The standard InChI is InChI=1S/C14H13F4N3O4S2/c1-13(2,3)25-12(22)21(10-6-26-7-20-10)27(23,24)11-4-8(14(16,17)18)9(15)5-19-11/h4-7H,1-3H3. The maximum Gasteiger partial charge on any atom is 0.430 e. The van der Waals surface area contributed by atoms with E-state index in [2.05, 4.69) is 9.97 Å². The Morgan fingerprint density at radius 1 is 1.22 bits per heavy atom. The van der Waals surface area contributed by atoms with Gasteiger partial charge >= 0.3 is 12.3 Å². The zero-order valence-corrected chi connectivity index (χ0v) is 15.7. The van der Waals surface area contributed by atoms with Crippen LogP contribution in [0.25, 0.3) is 0 Å². The first-order valence-corrected chi connectivity index (χ1v) is 9.51. The lowest BCUT2D eigenvalue weighted by atomic mass is 10.2. The van der Waals surface area contributed by atoms with Crippen LogP contribution in [0, 0.1) is 5.82 Å². The predicted molar refractivity (Wildman–Crippen MR) is 87.2 cm³/mol. The molecule has 0 N–H and O–H groups in total. The van der Waals surface area contributed by atoms with Crippen LogP contribution in [0.5, 0.6) is 0 Å². The highest BCUT2D eigenvalue weighted by atomic mass is 32.2. The lowest BCUT2D eigenvalue weighted by Crippen LogP contribution is -2.41. The van der Waals surface area contributed by atoms with Gasteiger partial charge in [0.1, 0.15) is 5.60 Å². The third-order valence-electron chi connectivity index (χ3n) is 2.83. The van der Waals surface area contributed by atoms with E-state index in [0.717, 1.165) is 11.3 Å². The van der Waals surface area contributed by atoms with E-state index < -0.39 is 50.1 Å². The summed E-state index contributed by atoms with van der Waals surface area (Å²) in [5.41, 5.74) is -1.73. The van der Waals surface area contributed by atoms with Gasteiger partial charge in [0.05, 0.1) is 17.3 Å². The van der Waals surface area contributed by atoms with Gasteiger partial charge in [0.15, 0.2) is 16.7 Å². The van der Waals surface area contributed by atoms with Gasteiger partial charge in [0.2, 0.25) is 0 Å². The van der Waals surface area contributed by atoms with Gasteiger partial charge in [-0.3, -0.25) is 0 Å². The topological polar surface area (TPSA) is 89.5 Å². The zero-order chi connectivity index (χ0) is 20.6. The maximum absolute atomic E-state index is 13.4. The van der Waals surface area contributed by atoms with Crippen LogP contribution in [0.1, 0.15) is 26.3 Å². The molecule has 0 fully saturated rings. The lowest BCUT2D eigenvalue weighted by molar-refractivity contribution is -0.140. The molecule has 27 heavy (non-hydrogen) atoms. The van der Waals surface area contributed by atoms with E-state index in [1.165, 1.54) is 31.7 Å². The smallest absolute Gasteiger partial charge is 0.430 e. The van der Waals surface area contributed by atoms with Gasteiger partial charge in [-0.25, -0.2) is 19.2 Å². The molecule has 2 heterocycles. The molecule has 2 rings (SSSR count). The van der Waals surface area contributed by atoms with E-state index in [1.807, 2.05) is 0 Å². The minimum atomic E-state index is -5.16. The number of hydrogen-bond acceptors (Lipinski definition) is 7. The normalized spacial score (nSPS) is 12.7. The highest BCUT2D eigenvalue weighted by Crippen LogP contribution is 2.33. The van der Waals surface area contributed by atoms with Crippen molar-refractivity contribution >= 4 is 33.3 Å². The van der Waals surface area contributed by atoms with Crippen LogP contribution >= 0.6 is 11.3 Å². The summed E-state index contributed by atoms with van der Waals surface area (Å²) in [5, 5.41) is -0.00885. The second-order valence-electron chi connectivity index (χ2n) is 6.10. The molecule has 0 bridgehead atoms. The Labute approximate surface area is 155 Å². The van der Waals surface area contributed by atoms with Crippen LogP contribution in [0.15, 0.2) is 28.2 Å². The Morgan fingerprint density at radius 2 is 1.85 bits per heavy atom. The molecule has 2 aromatic heterocycles. The average Bonchev–Trinajstić information content (AvgIpc) is 2.97. The molecule has 148 valence electrons. The minimum Gasteiger partial charge on any atom is -0.443 e. The van der Waals surface area contributed by atoms with Crippen LogP contribution in [0.2, 0.25) is 0 Å². The number of ether oxygens (including phenoxy) is 1. The van der Waals surface area contributed by atoms with Gasteiger partial charge in [-0.15, -0.1) is 15.6 Å². The van der Waals surface area contributed by atoms with E-state index in [1.54, 1.807) is 0 Å². The van der Waals surface area contributed by atoms with Crippen molar-refractivity contribution in [1.29, 1.82) is 0 Å². The second-order valence-corrected chi connectivity index (χ2v) is 8.55. The fraction of sp³-hybridized carbons (Fsp3) is 0.357. The molecule has 0 aromatic carbocycles. The van der Waals surface area contributed by atoms with Crippen molar-refractivity contribution in [3.8, 4) is 0 Å². The molecule has 0 spiro atoms. The zero-order valence-electron chi connectivity index (χ0n) is 14.1. The number of halogens is 4. The van der Waals surface area contributed by atoms with Crippen LogP contribution in [0.3, 0.4) is 0 Å². The Hall–Kier alpha value is -2.28. The average molecular weight is 427 g/mol. The number of hydrogen-bond donors (Lipinski definition) is 0. The van der Waals surface area contributed by atoms with E-state index >= 15 is 0 Å². The van der Waals surface area contributed by atoms with Crippen molar-refractivity contribution in [3.05, 3.63) is 34.5 Å². The van der Waals surface area contributed by atoms with Gasteiger partial charge in [0.25, 0.3) is 10.0 Å².